The molecule has 0 spiro atoms. The predicted octanol–water partition coefficient (Wildman–Crippen LogP) is 11.1. The minimum Gasteiger partial charge on any atom is -0.477 e. The van der Waals surface area contributed by atoms with Crippen molar-refractivity contribution in [1.29, 1.82) is 0 Å². The number of carbonyl (C=O) groups excluding carboxylic acids is 2. The molecule has 604 valence electrons. The van der Waals surface area contributed by atoms with Gasteiger partial charge in [0.2, 0.25) is 11.8 Å². The van der Waals surface area contributed by atoms with Crippen LogP contribution in [0, 0.1) is 0 Å². The van der Waals surface area contributed by atoms with Crippen molar-refractivity contribution in [1.82, 2.24) is 10.6 Å². The molecule has 0 saturated carbocycles. The standard InChI is InChI=1S/C80H148N2O21/c1-4-6-8-10-12-14-16-18-20-22-24-25-26-27-28-29-30-31-32-33-34-35-36-38-40-42-44-46-48-50-52-54-67(90)82-61(62(87)53-51-49-47-45-43-41-39-37-23-21-19-17-15-13-11-9-7-5-2)59-98-77-72(94)71(93)74(66(58-85)100-77)101-78-73(95)76(70(92)65(57-84)99-78)103-80(79(96)97)55-63(88)68(81-60(3)86)75(102-80)69(91)64(89)56-83/h27-28,51,53,61-66,68-78,83-85,87-89,91-95H,4-26,29-50,52,54-59H2,1-3H3,(H,81,86)(H,82,90)(H,96,97)/b28-27-,53-51+. The average Bonchev–Trinajstić information content (AvgIpc) is 0.755. The van der Waals surface area contributed by atoms with Crippen molar-refractivity contribution < 1.29 is 104 Å². The number of nitrogens with one attached hydrogen (secondary N) is 2. The molecule has 2 amide bonds. The molecule has 0 aromatic carbocycles. The summed E-state index contributed by atoms with van der Waals surface area (Å²) in [6, 6.07) is -2.62. The Morgan fingerprint density at radius 2 is 0.913 bits per heavy atom. The Morgan fingerprint density at radius 1 is 0.505 bits per heavy atom. The maximum atomic E-state index is 13.5. The SMILES string of the molecule is CCCCCCCCCCCCCC/C=C\CCCCCCCCCCCCCCCCCC(=O)NC(COC1OC(CO)C(OC2OC(CO)C(O)C(OC3(C(=O)O)CC(O)C(NC(C)=O)C(C(O)C(O)CO)O3)C2O)C(O)C1O)C(O)/C=C/CCCCCCCCCCCCCCCCCC. The lowest BCUT2D eigenvalue weighted by Gasteiger charge is -2.50. The second-order valence-electron chi connectivity index (χ2n) is 30.0. The first-order chi connectivity index (χ1) is 49.9. The molecule has 3 saturated heterocycles. The van der Waals surface area contributed by atoms with Gasteiger partial charge in [-0.1, -0.05) is 289 Å². The Kier molecular flexibility index (Phi) is 54.2. The van der Waals surface area contributed by atoms with Gasteiger partial charge in [-0.05, 0) is 44.9 Å². The van der Waals surface area contributed by atoms with Gasteiger partial charge < -0.3 is 100 Å². The van der Waals surface area contributed by atoms with E-state index in [4.69, 9.17) is 28.4 Å². The van der Waals surface area contributed by atoms with Gasteiger partial charge in [-0.15, -0.1) is 0 Å². The largest absolute Gasteiger partial charge is 0.477 e. The minimum absolute atomic E-state index is 0.203. The molecule has 0 radical (unpaired) electrons. The number of ether oxygens (including phenoxy) is 6. The number of amides is 2. The van der Waals surface area contributed by atoms with Crippen molar-refractivity contribution >= 4 is 17.8 Å². The number of unbranched alkanes of at least 4 members (excludes halogenated alkanes) is 43. The Balaban J connectivity index is 1.48. The van der Waals surface area contributed by atoms with E-state index >= 15 is 0 Å². The van der Waals surface area contributed by atoms with Gasteiger partial charge in [-0.25, -0.2) is 4.79 Å². The molecule has 23 nitrogen and oxygen atoms in total. The predicted molar refractivity (Wildman–Crippen MR) is 398 cm³/mol. The summed E-state index contributed by atoms with van der Waals surface area (Å²) in [6.07, 6.45) is 36.5. The van der Waals surface area contributed by atoms with E-state index in [9.17, 15) is 75.7 Å². The smallest absolute Gasteiger partial charge is 0.364 e. The van der Waals surface area contributed by atoms with Crippen LogP contribution in [-0.4, -0.2) is 215 Å². The molecule has 3 fully saturated rings. The lowest BCUT2D eigenvalue weighted by atomic mass is 9.88. The second-order valence-corrected chi connectivity index (χ2v) is 30.0. The number of allylic oxidation sites excluding steroid dienone is 3. The van der Waals surface area contributed by atoms with E-state index < -0.39 is 155 Å². The summed E-state index contributed by atoms with van der Waals surface area (Å²) in [5.41, 5.74) is 0. The number of rotatable bonds is 65. The van der Waals surface area contributed by atoms with Gasteiger partial charge in [0.25, 0.3) is 5.79 Å². The first kappa shape index (κ1) is 94.4. The molecule has 0 aliphatic carbocycles. The summed E-state index contributed by atoms with van der Waals surface area (Å²) in [5, 5.41) is 136. The fourth-order valence-corrected chi connectivity index (χ4v) is 14.4. The summed E-state index contributed by atoms with van der Waals surface area (Å²) < 4.78 is 34.9. The van der Waals surface area contributed by atoms with Crippen molar-refractivity contribution in [3.05, 3.63) is 24.3 Å². The van der Waals surface area contributed by atoms with Crippen molar-refractivity contribution in [2.75, 3.05) is 26.4 Å². The first-order valence-electron chi connectivity index (χ1n) is 41.2. The molecule has 3 aliphatic heterocycles. The van der Waals surface area contributed by atoms with E-state index in [-0.39, 0.29) is 12.3 Å². The van der Waals surface area contributed by atoms with Gasteiger partial charge >= 0.3 is 5.97 Å². The Labute approximate surface area is 619 Å². The molecule has 103 heavy (non-hydrogen) atoms. The van der Waals surface area contributed by atoms with Crippen LogP contribution in [0.4, 0.5) is 0 Å². The van der Waals surface area contributed by atoms with Gasteiger partial charge in [0.05, 0.1) is 50.7 Å². The van der Waals surface area contributed by atoms with Crippen LogP contribution in [0.5, 0.6) is 0 Å². The number of carboxylic acid groups (broad SMARTS) is 1. The molecule has 0 aromatic rings. The second kappa shape index (κ2) is 59.1. The molecule has 23 heteroatoms. The number of hydrogen-bond donors (Lipinski definition) is 14. The number of carbonyl (C=O) groups is 3. The van der Waals surface area contributed by atoms with Crippen molar-refractivity contribution in [3.63, 3.8) is 0 Å². The van der Waals surface area contributed by atoms with Gasteiger partial charge in [-0.3, -0.25) is 9.59 Å². The zero-order chi connectivity index (χ0) is 75.3. The highest BCUT2D eigenvalue weighted by Gasteiger charge is 2.60. The van der Waals surface area contributed by atoms with E-state index in [1.807, 2.05) is 6.08 Å². The molecule has 14 N–H and O–H groups in total. The number of aliphatic carboxylic acids is 1. The third-order valence-electron chi connectivity index (χ3n) is 20.9. The maximum Gasteiger partial charge on any atom is 0.364 e. The van der Waals surface area contributed by atoms with Crippen LogP contribution in [0.25, 0.3) is 0 Å². The minimum atomic E-state index is -3.08. The average molecular weight is 1470 g/mol. The quantitative estimate of drug-likeness (QED) is 0.0199. The Morgan fingerprint density at radius 3 is 1.32 bits per heavy atom. The van der Waals surface area contributed by atoms with Gasteiger partial charge in [0.15, 0.2) is 12.6 Å². The number of aliphatic hydroxyl groups is 11. The highest BCUT2D eigenvalue weighted by molar-refractivity contribution is 5.77. The van der Waals surface area contributed by atoms with Crippen molar-refractivity contribution in [2.24, 2.45) is 0 Å². The normalized spacial score (nSPS) is 26.6. The third-order valence-corrected chi connectivity index (χ3v) is 20.9. The monoisotopic (exact) mass is 1470 g/mol. The summed E-state index contributed by atoms with van der Waals surface area (Å²) >= 11 is 0. The molecular formula is C80H148N2O21. The van der Waals surface area contributed by atoms with Crippen LogP contribution in [-0.2, 0) is 42.8 Å². The maximum absolute atomic E-state index is 13.5. The zero-order valence-corrected chi connectivity index (χ0v) is 63.9. The van der Waals surface area contributed by atoms with Crippen molar-refractivity contribution in [2.45, 2.75) is 439 Å². The molecule has 0 aromatic heterocycles. The van der Waals surface area contributed by atoms with Crippen LogP contribution < -0.4 is 10.6 Å². The Bertz CT molecular complexity index is 2150. The zero-order valence-electron chi connectivity index (χ0n) is 63.9. The topological polar surface area (TPSA) is 373 Å². The lowest BCUT2D eigenvalue weighted by Crippen LogP contribution is -2.70. The van der Waals surface area contributed by atoms with Gasteiger partial charge in [-0.2, -0.15) is 0 Å². The molecular weight excluding hydrogens is 1320 g/mol. The molecule has 3 aliphatic rings. The van der Waals surface area contributed by atoms with E-state index in [0.29, 0.717) is 12.8 Å². The van der Waals surface area contributed by atoms with Crippen molar-refractivity contribution in [3.8, 4) is 0 Å². The molecule has 3 heterocycles. The molecule has 18 atom stereocenters. The van der Waals surface area contributed by atoms with E-state index in [0.717, 1.165) is 51.9 Å². The van der Waals surface area contributed by atoms with Crippen LogP contribution in [0.15, 0.2) is 24.3 Å². The van der Waals surface area contributed by atoms with Crippen LogP contribution in [0.3, 0.4) is 0 Å². The number of carboxylic acids is 1. The van der Waals surface area contributed by atoms with Crippen LogP contribution in [0.2, 0.25) is 0 Å². The summed E-state index contributed by atoms with van der Waals surface area (Å²) in [6.45, 7) is 2.19. The fourth-order valence-electron chi connectivity index (χ4n) is 14.4. The number of hydrogen-bond acceptors (Lipinski definition) is 20. The Hall–Kier alpha value is -2.79. The fraction of sp³-hybridized carbons (Fsp3) is 0.912. The summed E-state index contributed by atoms with van der Waals surface area (Å²) in [4.78, 5) is 38.7. The van der Waals surface area contributed by atoms with E-state index in [1.54, 1.807) is 6.08 Å². The molecule has 3 rings (SSSR count). The van der Waals surface area contributed by atoms with Gasteiger partial charge in [0, 0.05) is 19.8 Å². The molecule has 18 unspecified atom stereocenters. The summed E-state index contributed by atoms with van der Waals surface area (Å²) in [7, 11) is 0. The van der Waals surface area contributed by atoms with Crippen LogP contribution >= 0.6 is 0 Å². The highest BCUT2D eigenvalue weighted by Crippen LogP contribution is 2.39. The lowest BCUT2D eigenvalue weighted by molar-refractivity contribution is -0.386. The first-order valence-corrected chi connectivity index (χ1v) is 41.2. The van der Waals surface area contributed by atoms with E-state index in [2.05, 4.69) is 36.6 Å². The third kappa shape index (κ3) is 39.4. The number of aliphatic hydroxyl groups excluding tert-OH is 11. The van der Waals surface area contributed by atoms with Crippen LogP contribution in [0.1, 0.15) is 329 Å². The summed E-state index contributed by atoms with van der Waals surface area (Å²) in [5.74, 6) is -6.14. The molecule has 0 bridgehead atoms. The van der Waals surface area contributed by atoms with E-state index in [1.165, 1.54) is 238 Å². The van der Waals surface area contributed by atoms with Gasteiger partial charge in [0.1, 0.15) is 67.1 Å². The highest BCUT2D eigenvalue weighted by atomic mass is 16.8.